The van der Waals surface area contributed by atoms with E-state index >= 15 is 0 Å². The molecule has 0 radical (unpaired) electrons. The molecule has 2 aromatic heterocycles. The van der Waals surface area contributed by atoms with E-state index < -0.39 is 0 Å². The molecule has 0 atom stereocenters. The number of fused-ring (bicyclic) bond motifs is 1. The number of hydrogen-bond donors (Lipinski definition) is 1. The molecule has 0 bridgehead atoms. The summed E-state index contributed by atoms with van der Waals surface area (Å²) >= 11 is 1.67. The van der Waals surface area contributed by atoms with Crippen molar-refractivity contribution in [3.05, 3.63) is 59.7 Å². The van der Waals surface area contributed by atoms with Crippen molar-refractivity contribution >= 4 is 33.1 Å². The van der Waals surface area contributed by atoms with E-state index in [1.165, 1.54) is 10.3 Å². The molecule has 0 fully saturated rings. The predicted molar refractivity (Wildman–Crippen MR) is 115 cm³/mol. The highest BCUT2D eigenvalue weighted by molar-refractivity contribution is 7.21. The Kier molecular flexibility index (Phi) is 5.40. The van der Waals surface area contributed by atoms with Crippen molar-refractivity contribution in [3.8, 4) is 10.6 Å². The fourth-order valence-corrected chi connectivity index (χ4v) is 3.97. The van der Waals surface area contributed by atoms with E-state index in [0.29, 0.717) is 24.6 Å². The summed E-state index contributed by atoms with van der Waals surface area (Å²) in [4.78, 5) is 21.2. The first-order valence-corrected chi connectivity index (χ1v) is 10.4. The summed E-state index contributed by atoms with van der Waals surface area (Å²) in [6, 6.07) is 14.0. The standard InChI is InChI=1S/C22H22N4O2S/c1-13(2)21-25-20(28-26-21)11-10-19(27)23-16-7-5-15(6-8-16)22-24-17-9-4-14(3)12-18(17)29-22/h4-9,12-13H,10-11H2,1-3H3,(H,23,27). The van der Waals surface area contributed by atoms with E-state index in [4.69, 9.17) is 9.51 Å². The number of aryl methyl sites for hydroxylation is 2. The molecule has 1 amide bonds. The maximum absolute atomic E-state index is 12.2. The average Bonchev–Trinajstić information content (AvgIpc) is 3.33. The Labute approximate surface area is 173 Å². The Morgan fingerprint density at radius 2 is 1.93 bits per heavy atom. The molecule has 0 unspecified atom stereocenters. The molecule has 0 saturated carbocycles. The van der Waals surface area contributed by atoms with Gasteiger partial charge >= 0.3 is 0 Å². The van der Waals surface area contributed by atoms with Crippen molar-refractivity contribution in [2.45, 2.75) is 39.5 Å². The van der Waals surface area contributed by atoms with Crippen LogP contribution in [0.4, 0.5) is 5.69 Å². The van der Waals surface area contributed by atoms with Crippen LogP contribution < -0.4 is 5.32 Å². The van der Waals surface area contributed by atoms with Gasteiger partial charge < -0.3 is 9.84 Å². The number of aromatic nitrogens is 3. The van der Waals surface area contributed by atoms with Crippen molar-refractivity contribution in [2.75, 3.05) is 5.32 Å². The maximum Gasteiger partial charge on any atom is 0.227 e. The van der Waals surface area contributed by atoms with E-state index in [0.717, 1.165) is 21.8 Å². The van der Waals surface area contributed by atoms with E-state index in [2.05, 4.69) is 34.5 Å². The highest BCUT2D eigenvalue weighted by atomic mass is 32.1. The van der Waals surface area contributed by atoms with Gasteiger partial charge in [-0.3, -0.25) is 4.79 Å². The van der Waals surface area contributed by atoms with Crippen molar-refractivity contribution in [1.29, 1.82) is 0 Å². The van der Waals surface area contributed by atoms with Crippen molar-refractivity contribution in [2.24, 2.45) is 0 Å². The van der Waals surface area contributed by atoms with Crippen LogP contribution in [0.15, 0.2) is 47.0 Å². The molecule has 6 nitrogen and oxygen atoms in total. The molecule has 0 aliphatic carbocycles. The number of nitrogens with zero attached hydrogens (tertiary/aromatic N) is 3. The number of rotatable bonds is 6. The van der Waals surface area contributed by atoms with Crippen LogP contribution in [0.3, 0.4) is 0 Å². The molecule has 0 aliphatic rings. The molecule has 4 rings (SSSR count). The molecule has 148 valence electrons. The molecule has 0 spiro atoms. The Balaban J connectivity index is 1.37. The van der Waals surface area contributed by atoms with Crippen LogP contribution in [0.1, 0.15) is 43.5 Å². The van der Waals surface area contributed by atoms with Crippen molar-refractivity contribution in [3.63, 3.8) is 0 Å². The number of benzene rings is 2. The molecule has 1 N–H and O–H groups in total. The second kappa shape index (κ2) is 8.13. The Morgan fingerprint density at radius 1 is 1.14 bits per heavy atom. The zero-order valence-electron chi connectivity index (χ0n) is 16.6. The third kappa shape index (κ3) is 4.51. The fraction of sp³-hybridized carbons (Fsp3) is 0.273. The van der Waals surface area contributed by atoms with Crippen LogP contribution in [0.2, 0.25) is 0 Å². The second-order valence-corrected chi connectivity index (χ2v) is 8.35. The van der Waals surface area contributed by atoms with Crippen LogP contribution in [-0.4, -0.2) is 21.0 Å². The van der Waals surface area contributed by atoms with Crippen molar-refractivity contribution in [1.82, 2.24) is 15.1 Å². The summed E-state index contributed by atoms with van der Waals surface area (Å²) < 4.78 is 6.36. The Bertz CT molecular complexity index is 1150. The molecule has 0 saturated heterocycles. The summed E-state index contributed by atoms with van der Waals surface area (Å²) in [5.41, 5.74) is 4.03. The van der Waals surface area contributed by atoms with Gasteiger partial charge in [0.15, 0.2) is 5.82 Å². The van der Waals surface area contributed by atoms with Crippen LogP contribution >= 0.6 is 11.3 Å². The topological polar surface area (TPSA) is 80.9 Å². The van der Waals surface area contributed by atoms with Crippen LogP contribution in [0, 0.1) is 6.92 Å². The molecule has 29 heavy (non-hydrogen) atoms. The lowest BCUT2D eigenvalue weighted by Gasteiger charge is -2.05. The largest absolute Gasteiger partial charge is 0.339 e. The third-order valence-electron chi connectivity index (χ3n) is 4.53. The highest BCUT2D eigenvalue weighted by Crippen LogP contribution is 2.31. The molecular weight excluding hydrogens is 384 g/mol. The SMILES string of the molecule is Cc1ccc2nc(-c3ccc(NC(=O)CCc4nc(C(C)C)no4)cc3)sc2c1. The molecule has 7 heteroatoms. The summed E-state index contributed by atoms with van der Waals surface area (Å²) in [5.74, 6) is 1.28. The van der Waals surface area contributed by atoms with E-state index in [1.807, 2.05) is 44.2 Å². The fourth-order valence-electron chi connectivity index (χ4n) is 2.90. The number of carbonyl (C=O) groups excluding carboxylic acids is 1. The van der Waals surface area contributed by atoms with E-state index in [1.54, 1.807) is 11.3 Å². The lowest BCUT2D eigenvalue weighted by molar-refractivity contribution is -0.116. The summed E-state index contributed by atoms with van der Waals surface area (Å²) in [6.07, 6.45) is 0.716. The minimum Gasteiger partial charge on any atom is -0.339 e. The monoisotopic (exact) mass is 406 g/mol. The first-order chi connectivity index (χ1) is 14.0. The van der Waals surface area contributed by atoms with Gasteiger partial charge in [-0.25, -0.2) is 4.98 Å². The molecule has 2 heterocycles. The second-order valence-electron chi connectivity index (χ2n) is 7.32. The zero-order valence-corrected chi connectivity index (χ0v) is 17.4. The number of nitrogens with one attached hydrogen (secondary N) is 1. The van der Waals surface area contributed by atoms with E-state index in [-0.39, 0.29) is 11.8 Å². The quantitative estimate of drug-likeness (QED) is 0.467. The number of amides is 1. The van der Waals surface area contributed by atoms with E-state index in [9.17, 15) is 4.79 Å². The number of carbonyl (C=O) groups is 1. The smallest absolute Gasteiger partial charge is 0.227 e. The predicted octanol–water partition coefficient (Wildman–Crippen LogP) is 5.35. The summed E-state index contributed by atoms with van der Waals surface area (Å²) in [6.45, 7) is 6.08. The number of hydrogen-bond acceptors (Lipinski definition) is 6. The van der Waals surface area contributed by atoms with Gasteiger partial charge in [-0.1, -0.05) is 25.1 Å². The number of thiazole rings is 1. The molecule has 2 aromatic carbocycles. The first-order valence-electron chi connectivity index (χ1n) is 9.58. The Morgan fingerprint density at radius 3 is 2.66 bits per heavy atom. The summed E-state index contributed by atoms with van der Waals surface area (Å²) in [5, 5.41) is 7.80. The van der Waals surface area contributed by atoms with Gasteiger partial charge in [-0.05, 0) is 48.9 Å². The minimum atomic E-state index is -0.0856. The minimum absolute atomic E-state index is 0.0856. The van der Waals surface area contributed by atoms with Crippen LogP contribution in [0.5, 0.6) is 0 Å². The molecular formula is C22H22N4O2S. The number of anilines is 1. The van der Waals surface area contributed by atoms with Crippen molar-refractivity contribution < 1.29 is 9.32 Å². The van der Waals surface area contributed by atoms with Crippen LogP contribution in [-0.2, 0) is 11.2 Å². The highest BCUT2D eigenvalue weighted by Gasteiger charge is 2.12. The van der Waals surface area contributed by atoms with Gasteiger partial charge in [0.05, 0.1) is 10.2 Å². The normalized spacial score (nSPS) is 11.3. The van der Waals surface area contributed by atoms with Crippen LogP contribution in [0.25, 0.3) is 20.8 Å². The van der Waals surface area contributed by atoms with Gasteiger partial charge in [0.2, 0.25) is 11.8 Å². The third-order valence-corrected chi connectivity index (χ3v) is 5.59. The van der Waals surface area contributed by atoms with Gasteiger partial charge in [-0.2, -0.15) is 4.98 Å². The average molecular weight is 407 g/mol. The first kappa shape index (κ1) is 19.3. The lowest BCUT2D eigenvalue weighted by Crippen LogP contribution is -2.12. The maximum atomic E-state index is 12.2. The Hall–Kier alpha value is -3.06. The zero-order chi connectivity index (χ0) is 20.4. The lowest BCUT2D eigenvalue weighted by atomic mass is 10.2. The van der Waals surface area contributed by atoms with Gasteiger partial charge in [-0.15, -0.1) is 11.3 Å². The van der Waals surface area contributed by atoms with Gasteiger partial charge in [0, 0.05) is 30.0 Å². The molecule has 4 aromatic rings. The summed E-state index contributed by atoms with van der Waals surface area (Å²) in [7, 11) is 0. The van der Waals surface area contributed by atoms with Gasteiger partial charge in [0.25, 0.3) is 0 Å². The molecule has 0 aliphatic heterocycles. The van der Waals surface area contributed by atoms with Gasteiger partial charge in [0.1, 0.15) is 5.01 Å².